The molecule has 2 atom stereocenters. The first kappa shape index (κ1) is 18.7. The summed E-state index contributed by atoms with van der Waals surface area (Å²) in [5, 5.41) is 12.2. The molecule has 0 aliphatic heterocycles. The van der Waals surface area contributed by atoms with Gasteiger partial charge in [-0.25, -0.2) is 9.18 Å². The highest BCUT2D eigenvalue weighted by Crippen LogP contribution is 2.32. The molecule has 0 fully saturated rings. The van der Waals surface area contributed by atoms with Crippen molar-refractivity contribution in [3.63, 3.8) is 0 Å². The minimum Gasteiger partial charge on any atom is -0.433 e. The Morgan fingerprint density at radius 3 is 2.44 bits per heavy atom. The highest BCUT2D eigenvalue weighted by atomic mass is 35.5. The average Bonchev–Trinajstić information content (AvgIpc) is 2.55. The Labute approximate surface area is 148 Å². The SMILES string of the molecule is C[C@@H](O)[C@H](OC(N)=O)C(=O)Nc1cccc(-c2ccccc2Cl)c1F. The Kier molecular flexibility index (Phi) is 5.95. The fourth-order valence-corrected chi connectivity index (χ4v) is 2.45. The lowest BCUT2D eigenvalue weighted by Crippen LogP contribution is -2.41. The molecule has 0 radical (unpaired) electrons. The summed E-state index contributed by atoms with van der Waals surface area (Å²) in [5.74, 6) is -1.63. The van der Waals surface area contributed by atoms with Crippen LogP contribution in [0.25, 0.3) is 11.1 Å². The van der Waals surface area contributed by atoms with E-state index in [4.69, 9.17) is 17.3 Å². The third-order valence-electron chi connectivity index (χ3n) is 3.36. The fraction of sp³-hybridized carbons (Fsp3) is 0.176. The van der Waals surface area contributed by atoms with Crippen LogP contribution in [0.3, 0.4) is 0 Å². The maximum atomic E-state index is 14.8. The standard InChI is InChI=1S/C17H16ClFN2O4/c1-9(22)15(25-17(20)24)16(23)21-13-8-4-6-11(14(13)19)10-5-2-3-7-12(10)18/h2-9,15,22H,1H3,(H2,20,24)(H,21,23)/t9-,15+/m1/s1. The maximum absolute atomic E-state index is 14.8. The Hall–Kier alpha value is -2.64. The number of ether oxygens (including phenoxy) is 1. The quantitative estimate of drug-likeness (QED) is 0.757. The van der Waals surface area contributed by atoms with Crippen molar-refractivity contribution < 1.29 is 23.8 Å². The highest BCUT2D eigenvalue weighted by Gasteiger charge is 2.28. The summed E-state index contributed by atoms with van der Waals surface area (Å²) in [7, 11) is 0. The third-order valence-corrected chi connectivity index (χ3v) is 3.69. The summed E-state index contributed by atoms with van der Waals surface area (Å²) in [4.78, 5) is 23.0. The van der Waals surface area contributed by atoms with Gasteiger partial charge in [0.05, 0.1) is 11.8 Å². The van der Waals surface area contributed by atoms with Crippen LogP contribution >= 0.6 is 11.6 Å². The molecule has 0 bridgehead atoms. The first-order valence-electron chi connectivity index (χ1n) is 7.29. The molecule has 2 aromatic rings. The summed E-state index contributed by atoms with van der Waals surface area (Å²) < 4.78 is 19.3. The van der Waals surface area contributed by atoms with E-state index < -0.39 is 30.0 Å². The van der Waals surface area contributed by atoms with Gasteiger partial charge in [-0.05, 0) is 19.1 Å². The number of aliphatic hydroxyl groups is 1. The zero-order chi connectivity index (χ0) is 18.6. The Bertz CT molecular complexity index is 798. The number of nitrogens with two attached hydrogens (primary N) is 1. The van der Waals surface area contributed by atoms with Crippen LogP contribution in [-0.4, -0.2) is 29.3 Å². The van der Waals surface area contributed by atoms with Crippen LogP contribution in [0, 0.1) is 5.82 Å². The zero-order valence-corrected chi connectivity index (χ0v) is 14.0. The molecule has 2 rings (SSSR count). The van der Waals surface area contributed by atoms with Gasteiger partial charge >= 0.3 is 6.09 Å². The molecule has 2 aromatic carbocycles. The van der Waals surface area contributed by atoms with Gasteiger partial charge in [-0.1, -0.05) is 41.9 Å². The number of halogens is 2. The third kappa shape index (κ3) is 4.46. The highest BCUT2D eigenvalue weighted by molar-refractivity contribution is 6.33. The van der Waals surface area contributed by atoms with E-state index in [1.54, 1.807) is 24.3 Å². The van der Waals surface area contributed by atoms with E-state index >= 15 is 0 Å². The second-order valence-electron chi connectivity index (χ2n) is 5.23. The smallest absolute Gasteiger partial charge is 0.405 e. The predicted octanol–water partition coefficient (Wildman–Crippen LogP) is 2.93. The lowest BCUT2D eigenvalue weighted by molar-refractivity contribution is -0.129. The first-order chi connectivity index (χ1) is 11.8. The van der Waals surface area contributed by atoms with Crippen LogP contribution in [0.2, 0.25) is 5.02 Å². The monoisotopic (exact) mass is 366 g/mol. The summed E-state index contributed by atoms with van der Waals surface area (Å²) in [6, 6.07) is 11.0. The molecular weight excluding hydrogens is 351 g/mol. The van der Waals surface area contributed by atoms with Crippen molar-refractivity contribution in [3.8, 4) is 11.1 Å². The minimum absolute atomic E-state index is 0.152. The number of carbonyl (C=O) groups is 2. The number of hydrogen-bond donors (Lipinski definition) is 3. The number of amides is 2. The number of aliphatic hydroxyl groups excluding tert-OH is 1. The Morgan fingerprint density at radius 1 is 1.20 bits per heavy atom. The van der Waals surface area contributed by atoms with Crippen molar-refractivity contribution in [2.75, 3.05) is 5.32 Å². The topological polar surface area (TPSA) is 102 Å². The van der Waals surface area contributed by atoms with Crippen LogP contribution in [0.4, 0.5) is 14.9 Å². The van der Waals surface area contributed by atoms with Gasteiger partial charge in [0.2, 0.25) is 6.10 Å². The molecule has 6 nitrogen and oxygen atoms in total. The average molecular weight is 367 g/mol. The van der Waals surface area contributed by atoms with Crippen LogP contribution in [-0.2, 0) is 9.53 Å². The second-order valence-corrected chi connectivity index (χ2v) is 5.64. The van der Waals surface area contributed by atoms with Crippen molar-refractivity contribution >= 4 is 29.3 Å². The zero-order valence-electron chi connectivity index (χ0n) is 13.2. The summed E-state index contributed by atoms with van der Waals surface area (Å²) >= 11 is 6.08. The normalized spacial score (nSPS) is 13.0. The lowest BCUT2D eigenvalue weighted by Gasteiger charge is -2.19. The van der Waals surface area contributed by atoms with Crippen LogP contribution in [0.5, 0.6) is 0 Å². The number of rotatable bonds is 5. The van der Waals surface area contributed by atoms with Gasteiger partial charge in [0.15, 0.2) is 5.82 Å². The molecule has 0 saturated heterocycles. The molecule has 0 heterocycles. The number of anilines is 1. The number of hydrogen-bond acceptors (Lipinski definition) is 4. The molecule has 8 heteroatoms. The van der Waals surface area contributed by atoms with Gasteiger partial charge in [-0.2, -0.15) is 0 Å². The van der Waals surface area contributed by atoms with Crippen LogP contribution < -0.4 is 11.1 Å². The molecule has 0 aliphatic carbocycles. The molecule has 0 aliphatic rings. The molecule has 0 spiro atoms. The van der Waals surface area contributed by atoms with Gasteiger partial charge < -0.3 is 20.9 Å². The predicted molar refractivity (Wildman–Crippen MR) is 91.6 cm³/mol. The van der Waals surface area contributed by atoms with E-state index in [2.05, 4.69) is 10.1 Å². The van der Waals surface area contributed by atoms with E-state index in [1.807, 2.05) is 0 Å². The van der Waals surface area contributed by atoms with Crippen molar-refractivity contribution in [2.24, 2.45) is 5.73 Å². The van der Waals surface area contributed by atoms with Gasteiger partial charge in [0.25, 0.3) is 5.91 Å². The molecule has 4 N–H and O–H groups in total. The van der Waals surface area contributed by atoms with E-state index in [9.17, 15) is 19.1 Å². The lowest BCUT2D eigenvalue weighted by atomic mass is 10.0. The summed E-state index contributed by atoms with van der Waals surface area (Å²) in [6.45, 7) is 1.24. The van der Waals surface area contributed by atoms with Crippen LogP contribution in [0.15, 0.2) is 42.5 Å². The van der Waals surface area contributed by atoms with Crippen molar-refractivity contribution in [1.29, 1.82) is 0 Å². The van der Waals surface area contributed by atoms with E-state index in [-0.39, 0.29) is 11.3 Å². The molecule has 2 amide bonds. The van der Waals surface area contributed by atoms with Crippen LogP contribution in [0.1, 0.15) is 6.92 Å². The number of primary amides is 1. The van der Waals surface area contributed by atoms with Crippen molar-refractivity contribution in [1.82, 2.24) is 0 Å². The molecular formula is C17H16ClFN2O4. The fourth-order valence-electron chi connectivity index (χ4n) is 2.22. The first-order valence-corrected chi connectivity index (χ1v) is 7.67. The van der Waals surface area contributed by atoms with E-state index in [1.165, 1.54) is 25.1 Å². The van der Waals surface area contributed by atoms with Gasteiger partial charge in [-0.15, -0.1) is 0 Å². The number of carbonyl (C=O) groups excluding carboxylic acids is 2. The second kappa shape index (κ2) is 7.96. The summed E-state index contributed by atoms with van der Waals surface area (Å²) in [5.41, 5.74) is 5.36. The van der Waals surface area contributed by atoms with Gasteiger partial charge in [-0.3, -0.25) is 4.79 Å². The number of nitrogens with one attached hydrogen (secondary N) is 1. The molecule has 132 valence electrons. The molecule has 0 unspecified atom stereocenters. The van der Waals surface area contributed by atoms with Gasteiger partial charge in [0.1, 0.15) is 0 Å². The summed E-state index contributed by atoms with van der Waals surface area (Å²) in [6.07, 6.45) is -4.13. The molecule has 0 saturated carbocycles. The molecule has 0 aromatic heterocycles. The maximum Gasteiger partial charge on any atom is 0.405 e. The van der Waals surface area contributed by atoms with Crippen molar-refractivity contribution in [2.45, 2.75) is 19.1 Å². The Morgan fingerprint density at radius 2 is 1.84 bits per heavy atom. The van der Waals surface area contributed by atoms with Gasteiger partial charge in [0, 0.05) is 16.1 Å². The molecule has 25 heavy (non-hydrogen) atoms. The minimum atomic E-state index is -1.57. The Balaban J connectivity index is 2.32. The number of benzene rings is 2. The largest absolute Gasteiger partial charge is 0.433 e. The van der Waals surface area contributed by atoms with Crippen molar-refractivity contribution in [3.05, 3.63) is 53.3 Å². The van der Waals surface area contributed by atoms with E-state index in [0.717, 1.165) is 0 Å². The van der Waals surface area contributed by atoms with E-state index in [0.29, 0.717) is 10.6 Å².